The Morgan fingerprint density at radius 1 is 1.38 bits per heavy atom. The molecule has 0 aromatic heterocycles. The van der Waals surface area contributed by atoms with E-state index in [1.807, 2.05) is 0 Å². The van der Waals surface area contributed by atoms with Gasteiger partial charge in [0.15, 0.2) is 0 Å². The second kappa shape index (κ2) is 6.75. The van der Waals surface area contributed by atoms with Crippen molar-refractivity contribution in [2.24, 2.45) is 5.41 Å². The first-order valence-corrected chi connectivity index (χ1v) is 7.70. The number of amides is 1. The van der Waals surface area contributed by atoms with E-state index >= 15 is 0 Å². The van der Waals surface area contributed by atoms with E-state index in [0.717, 1.165) is 19.7 Å². The van der Waals surface area contributed by atoms with Crippen molar-refractivity contribution >= 4 is 11.9 Å². The number of rotatable bonds is 6. The zero-order chi connectivity index (χ0) is 15.5. The summed E-state index contributed by atoms with van der Waals surface area (Å²) in [6, 6.07) is 0.562. The molecule has 2 aliphatic heterocycles. The third-order valence-electron chi connectivity index (χ3n) is 4.26. The van der Waals surface area contributed by atoms with Crippen molar-refractivity contribution < 1.29 is 19.4 Å². The van der Waals surface area contributed by atoms with Gasteiger partial charge < -0.3 is 15.2 Å². The lowest BCUT2D eigenvalue weighted by Crippen LogP contribution is -2.50. The van der Waals surface area contributed by atoms with Crippen molar-refractivity contribution in [1.29, 1.82) is 0 Å². The molecule has 6 nitrogen and oxygen atoms in total. The molecule has 21 heavy (non-hydrogen) atoms. The number of fused-ring (bicyclic) bond motifs is 1. The lowest BCUT2D eigenvalue weighted by atomic mass is 9.85. The average Bonchev–Trinajstić information content (AvgIpc) is 2.81. The molecule has 0 saturated carbocycles. The maximum Gasteiger partial charge on any atom is 0.303 e. The summed E-state index contributed by atoms with van der Waals surface area (Å²) in [6.45, 7) is 6.86. The number of carboxylic acid groups (broad SMARTS) is 1. The number of hydrogen-bond donors (Lipinski definition) is 2. The van der Waals surface area contributed by atoms with Crippen LogP contribution in [-0.4, -0.2) is 60.3 Å². The van der Waals surface area contributed by atoms with Crippen molar-refractivity contribution in [3.05, 3.63) is 0 Å². The number of nitrogens with one attached hydrogen (secondary N) is 1. The molecule has 2 N–H and O–H groups in total. The molecule has 120 valence electrons. The van der Waals surface area contributed by atoms with Crippen molar-refractivity contribution in [3.63, 3.8) is 0 Å². The minimum absolute atomic E-state index is 0.00416. The summed E-state index contributed by atoms with van der Waals surface area (Å²) in [6.07, 6.45) is 2.71. The van der Waals surface area contributed by atoms with E-state index in [2.05, 4.69) is 10.2 Å². The first kappa shape index (κ1) is 16.2. The van der Waals surface area contributed by atoms with Crippen molar-refractivity contribution in [1.82, 2.24) is 10.2 Å². The summed E-state index contributed by atoms with van der Waals surface area (Å²) < 4.78 is 5.79. The van der Waals surface area contributed by atoms with Gasteiger partial charge in [0.25, 0.3) is 0 Å². The molecule has 2 fully saturated rings. The van der Waals surface area contributed by atoms with Gasteiger partial charge >= 0.3 is 5.97 Å². The number of carboxylic acids is 1. The maximum atomic E-state index is 11.9. The molecule has 6 heteroatoms. The van der Waals surface area contributed by atoms with Gasteiger partial charge in [0.1, 0.15) is 0 Å². The van der Waals surface area contributed by atoms with Gasteiger partial charge in [0, 0.05) is 25.6 Å². The molecular weight excluding hydrogens is 272 g/mol. The van der Waals surface area contributed by atoms with Crippen LogP contribution in [0.2, 0.25) is 0 Å². The lowest BCUT2D eigenvalue weighted by Gasteiger charge is -2.35. The van der Waals surface area contributed by atoms with Crippen LogP contribution in [0.4, 0.5) is 0 Å². The van der Waals surface area contributed by atoms with E-state index in [9.17, 15) is 9.59 Å². The van der Waals surface area contributed by atoms with Crippen LogP contribution in [0.15, 0.2) is 0 Å². The highest BCUT2D eigenvalue weighted by atomic mass is 16.5. The van der Waals surface area contributed by atoms with E-state index in [1.165, 1.54) is 12.8 Å². The fourth-order valence-corrected chi connectivity index (χ4v) is 3.21. The van der Waals surface area contributed by atoms with Gasteiger partial charge in [-0.25, -0.2) is 0 Å². The third kappa shape index (κ3) is 4.97. The van der Waals surface area contributed by atoms with Gasteiger partial charge in [-0.1, -0.05) is 13.8 Å². The fourth-order valence-electron chi connectivity index (χ4n) is 3.21. The molecule has 2 aliphatic rings. The molecule has 0 radical (unpaired) electrons. The van der Waals surface area contributed by atoms with Gasteiger partial charge in [-0.05, 0) is 24.8 Å². The van der Waals surface area contributed by atoms with Crippen LogP contribution >= 0.6 is 0 Å². The molecule has 2 unspecified atom stereocenters. The molecule has 2 heterocycles. The number of morpholine rings is 1. The second-order valence-electron chi connectivity index (χ2n) is 6.96. The molecule has 2 atom stereocenters. The smallest absolute Gasteiger partial charge is 0.303 e. The number of carbonyl (C=O) groups is 2. The van der Waals surface area contributed by atoms with Gasteiger partial charge in [-0.15, -0.1) is 0 Å². The minimum atomic E-state index is -0.872. The predicted octanol–water partition coefficient (Wildman–Crippen LogP) is 0.857. The number of nitrogens with zero attached hydrogens (tertiary/aromatic N) is 1. The van der Waals surface area contributed by atoms with Crippen LogP contribution in [0.25, 0.3) is 0 Å². The summed E-state index contributed by atoms with van der Waals surface area (Å²) in [5, 5.41) is 11.7. The number of carbonyl (C=O) groups excluding carboxylic acids is 1. The van der Waals surface area contributed by atoms with E-state index in [-0.39, 0.29) is 24.9 Å². The Kier molecular flexibility index (Phi) is 5.22. The van der Waals surface area contributed by atoms with Crippen molar-refractivity contribution in [2.45, 2.75) is 51.7 Å². The Labute approximate surface area is 125 Å². The fraction of sp³-hybridized carbons (Fsp3) is 0.867. The van der Waals surface area contributed by atoms with Gasteiger partial charge in [0.2, 0.25) is 5.91 Å². The lowest BCUT2D eigenvalue weighted by molar-refractivity contribution is -0.139. The van der Waals surface area contributed by atoms with Crippen LogP contribution < -0.4 is 5.32 Å². The maximum absolute atomic E-state index is 11.9. The minimum Gasteiger partial charge on any atom is -0.481 e. The molecule has 0 spiro atoms. The second-order valence-corrected chi connectivity index (χ2v) is 6.96. The zero-order valence-corrected chi connectivity index (χ0v) is 12.9. The molecule has 0 aromatic carbocycles. The van der Waals surface area contributed by atoms with Gasteiger partial charge in [0.05, 0.1) is 19.1 Å². The first-order valence-electron chi connectivity index (χ1n) is 7.70. The summed E-state index contributed by atoms with van der Waals surface area (Å²) in [4.78, 5) is 25.1. The van der Waals surface area contributed by atoms with Crippen molar-refractivity contribution in [3.8, 4) is 0 Å². The molecule has 2 saturated heterocycles. The summed E-state index contributed by atoms with van der Waals surface area (Å²) in [5.41, 5.74) is -0.524. The highest BCUT2D eigenvalue weighted by molar-refractivity contribution is 5.77. The van der Waals surface area contributed by atoms with E-state index < -0.39 is 11.4 Å². The van der Waals surface area contributed by atoms with Crippen LogP contribution in [0, 0.1) is 5.41 Å². The van der Waals surface area contributed by atoms with Crippen LogP contribution in [-0.2, 0) is 14.3 Å². The highest BCUT2D eigenvalue weighted by Gasteiger charge is 2.32. The Morgan fingerprint density at radius 3 is 2.86 bits per heavy atom. The Morgan fingerprint density at radius 2 is 2.14 bits per heavy atom. The normalized spacial score (nSPS) is 26.4. The Balaban J connectivity index is 1.70. The van der Waals surface area contributed by atoms with Crippen molar-refractivity contribution in [2.75, 3.05) is 26.2 Å². The number of ether oxygens (including phenoxy) is 1. The summed E-state index contributed by atoms with van der Waals surface area (Å²) in [7, 11) is 0. The van der Waals surface area contributed by atoms with Gasteiger partial charge in [-0.2, -0.15) is 0 Å². The average molecular weight is 298 g/mol. The van der Waals surface area contributed by atoms with E-state index in [4.69, 9.17) is 9.84 Å². The molecular formula is C15H26N2O4. The SMILES string of the molecule is CC(C)(CC(=O)O)CC(=O)NCC1CN2CCCC2CO1. The third-order valence-corrected chi connectivity index (χ3v) is 4.26. The molecule has 2 rings (SSSR count). The van der Waals surface area contributed by atoms with E-state index in [1.54, 1.807) is 13.8 Å². The first-order chi connectivity index (χ1) is 9.85. The largest absolute Gasteiger partial charge is 0.481 e. The standard InChI is InChI=1S/C15H26N2O4/c1-15(2,7-14(19)20)6-13(18)16-8-12-9-17-5-3-4-11(17)10-21-12/h11-12H,3-10H2,1-2H3,(H,16,18)(H,19,20). The predicted molar refractivity (Wildman–Crippen MR) is 78.0 cm³/mol. The number of aliphatic carboxylic acids is 1. The topological polar surface area (TPSA) is 78.9 Å². The Bertz CT molecular complexity index is 397. The van der Waals surface area contributed by atoms with Crippen LogP contribution in [0.5, 0.6) is 0 Å². The Hall–Kier alpha value is -1.14. The quantitative estimate of drug-likeness (QED) is 0.760. The molecule has 0 aromatic rings. The van der Waals surface area contributed by atoms with E-state index in [0.29, 0.717) is 12.6 Å². The molecule has 0 aliphatic carbocycles. The van der Waals surface area contributed by atoms with Crippen LogP contribution in [0.3, 0.4) is 0 Å². The number of hydrogen-bond acceptors (Lipinski definition) is 4. The van der Waals surface area contributed by atoms with Gasteiger partial charge in [-0.3, -0.25) is 14.5 Å². The van der Waals surface area contributed by atoms with Crippen LogP contribution in [0.1, 0.15) is 39.5 Å². The summed E-state index contributed by atoms with van der Waals surface area (Å²) in [5.74, 6) is -0.975. The highest BCUT2D eigenvalue weighted by Crippen LogP contribution is 2.25. The monoisotopic (exact) mass is 298 g/mol. The molecule has 1 amide bonds. The molecule has 0 bridgehead atoms. The summed E-state index contributed by atoms with van der Waals surface area (Å²) >= 11 is 0. The zero-order valence-electron chi connectivity index (χ0n) is 12.9.